The topological polar surface area (TPSA) is 59.7 Å². The van der Waals surface area contributed by atoms with E-state index in [0.717, 1.165) is 11.1 Å². The maximum Gasteiger partial charge on any atom is 0.573 e. The normalized spacial score (nSPS) is 11.7. The van der Waals surface area contributed by atoms with Crippen LogP contribution < -0.4 is 4.74 Å². The van der Waals surface area contributed by atoms with Gasteiger partial charge in [0, 0.05) is 17.3 Å². The molecule has 0 amide bonds. The number of aromatic nitrogens is 3. The number of rotatable bonds is 4. The largest absolute Gasteiger partial charge is 0.573 e. The Morgan fingerprint density at radius 1 is 0.964 bits per heavy atom. The summed E-state index contributed by atoms with van der Waals surface area (Å²) in [6, 6.07) is 13.0. The van der Waals surface area contributed by atoms with Crippen LogP contribution in [0.25, 0.3) is 28.2 Å². The first kappa shape index (κ1) is 18.0. The molecule has 2 aromatic heterocycles. The summed E-state index contributed by atoms with van der Waals surface area (Å²) in [5.41, 5.74) is 4.00. The predicted molar refractivity (Wildman–Crippen MR) is 96.5 cm³/mol. The lowest BCUT2D eigenvalue weighted by Gasteiger charge is -2.10. The third-order valence-corrected chi connectivity index (χ3v) is 4.19. The molecule has 0 saturated heterocycles. The number of nitrogens with zero attached hydrogens (tertiary/aromatic N) is 3. The molecule has 0 aliphatic carbocycles. The summed E-state index contributed by atoms with van der Waals surface area (Å²) in [4.78, 5) is 8.65. The minimum absolute atomic E-state index is 0.0469. The first-order chi connectivity index (χ1) is 13.4. The zero-order valence-corrected chi connectivity index (χ0v) is 14.4. The Hall–Kier alpha value is -3.39. The number of benzene rings is 2. The van der Waals surface area contributed by atoms with Gasteiger partial charge in [0.1, 0.15) is 5.75 Å². The van der Waals surface area contributed by atoms with Crippen molar-refractivity contribution in [2.45, 2.75) is 13.0 Å². The second kappa shape index (κ2) is 6.97. The van der Waals surface area contributed by atoms with E-state index in [2.05, 4.69) is 14.7 Å². The number of hydrogen-bond donors (Lipinski definition) is 1. The van der Waals surface area contributed by atoms with Gasteiger partial charge in [-0.25, -0.2) is 4.98 Å². The third kappa shape index (κ3) is 3.67. The van der Waals surface area contributed by atoms with Gasteiger partial charge < -0.3 is 9.84 Å². The van der Waals surface area contributed by atoms with E-state index in [1.165, 1.54) is 18.2 Å². The number of aliphatic hydroxyl groups excluding tert-OH is 1. The van der Waals surface area contributed by atoms with E-state index in [4.69, 9.17) is 5.11 Å². The smallest absolute Gasteiger partial charge is 0.406 e. The first-order valence-corrected chi connectivity index (χ1v) is 8.32. The number of ether oxygens (including phenoxy) is 1. The molecular weight excluding hydrogens is 371 g/mol. The Balaban J connectivity index is 1.75. The van der Waals surface area contributed by atoms with Crippen molar-refractivity contribution in [2.24, 2.45) is 0 Å². The number of fused-ring (bicyclic) bond motifs is 1. The molecule has 4 aromatic rings. The van der Waals surface area contributed by atoms with E-state index in [0.29, 0.717) is 22.6 Å². The van der Waals surface area contributed by atoms with Crippen molar-refractivity contribution in [3.63, 3.8) is 0 Å². The summed E-state index contributed by atoms with van der Waals surface area (Å²) in [5.74, 6) is -0.297. The van der Waals surface area contributed by atoms with Crippen LogP contribution in [-0.2, 0) is 6.61 Å². The minimum atomic E-state index is -4.75. The van der Waals surface area contributed by atoms with Crippen molar-refractivity contribution in [1.82, 2.24) is 14.4 Å². The summed E-state index contributed by atoms with van der Waals surface area (Å²) < 4.78 is 43.3. The molecule has 4 rings (SSSR count). The van der Waals surface area contributed by atoms with Gasteiger partial charge in [0.2, 0.25) is 0 Å². The predicted octanol–water partition coefficient (Wildman–Crippen LogP) is 4.45. The summed E-state index contributed by atoms with van der Waals surface area (Å²) in [6.07, 6.45) is 0.177. The van der Waals surface area contributed by atoms with E-state index in [-0.39, 0.29) is 12.4 Å². The number of alkyl halides is 3. The lowest BCUT2D eigenvalue weighted by molar-refractivity contribution is -0.274. The van der Waals surface area contributed by atoms with Crippen molar-refractivity contribution >= 4 is 5.65 Å². The first-order valence-electron chi connectivity index (χ1n) is 8.32. The second-order valence-corrected chi connectivity index (χ2v) is 6.07. The molecular formula is C20H14F3N3O2. The maximum absolute atomic E-state index is 12.5. The van der Waals surface area contributed by atoms with E-state index >= 15 is 0 Å². The number of hydrogen-bond acceptors (Lipinski definition) is 4. The molecule has 5 nitrogen and oxygen atoms in total. The molecule has 0 unspecified atom stereocenters. The molecule has 28 heavy (non-hydrogen) atoms. The van der Waals surface area contributed by atoms with Gasteiger partial charge in [0.25, 0.3) is 0 Å². The lowest BCUT2D eigenvalue weighted by atomic mass is 10.1. The molecule has 0 aliphatic heterocycles. The van der Waals surface area contributed by atoms with Gasteiger partial charge in [0.15, 0.2) is 5.65 Å². The minimum Gasteiger partial charge on any atom is -0.406 e. The highest BCUT2D eigenvalue weighted by molar-refractivity contribution is 5.67. The van der Waals surface area contributed by atoms with Crippen LogP contribution in [0.4, 0.5) is 13.2 Å². The van der Waals surface area contributed by atoms with Crippen LogP contribution in [-0.4, -0.2) is 25.8 Å². The molecule has 142 valence electrons. The van der Waals surface area contributed by atoms with Crippen LogP contribution in [0, 0.1) is 0 Å². The molecule has 0 bridgehead atoms. The fourth-order valence-corrected chi connectivity index (χ4v) is 2.89. The summed E-state index contributed by atoms with van der Waals surface area (Å²) in [7, 11) is 0. The Kier molecular flexibility index (Phi) is 4.48. The standard InChI is InChI=1S/C20H14F3N3O2/c21-20(22,23)28-16-3-1-2-15(8-16)18-9-25-19-10-24-17(11-26(18)19)14-6-4-13(12-27)5-7-14/h1-11,27H,12H2. The molecule has 0 radical (unpaired) electrons. The van der Waals surface area contributed by atoms with E-state index in [1.807, 2.05) is 12.1 Å². The number of imidazole rings is 1. The molecule has 2 heterocycles. The number of halogens is 3. The van der Waals surface area contributed by atoms with Gasteiger partial charge in [-0.05, 0) is 17.7 Å². The Bertz CT molecular complexity index is 1120. The van der Waals surface area contributed by atoms with Crippen molar-refractivity contribution in [3.8, 4) is 28.3 Å². The van der Waals surface area contributed by atoms with Gasteiger partial charge in [-0.15, -0.1) is 13.2 Å². The van der Waals surface area contributed by atoms with Gasteiger partial charge >= 0.3 is 6.36 Å². The summed E-state index contributed by atoms with van der Waals surface area (Å²) in [5, 5.41) is 9.16. The van der Waals surface area contributed by atoms with Gasteiger partial charge in [0.05, 0.1) is 30.4 Å². The van der Waals surface area contributed by atoms with Crippen molar-refractivity contribution in [3.05, 3.63) is 72.7 Å². The second-order valence-electron chi connectivity index (χ2n) is 6.07. The lowest BCUT2D eigenvalue weighted by Crippen LogP contribution is -2.17. The van der Waals surface area contributed by atoms with Crippen molar-refractivity contribution < 1.29 is 23.0 Å². The van der Waals surface area contributed by atoms with Gasteiger partial charge in [-0.3, -0.25) is 9.38 Å². The Morgan fingerprint density at radius 3 is 2.46 bits per heavy atom. The monoisotopic (exact) mass is 385 g/mol. The molecule has 0 atom stereocenters. The van der Waals surface area contributed by atoms with Crippen LogP contribution >= 0.6 is 0 Å². The molecule has 8 heteroatoms. The Morgan fingerprint density at radius 2 is 1.75 bits per heavy atom. The molecule has 2 aromatic carbocycles. The van der Waals surface area contributed by atoms with E-state index < -0.39 is 6.36 Å². The molecule has 0 fully saturated rings. The van der Waals surface area contributed by atoms with Crippen LogP contribution in [0.3, 0.4) is 0 Å². The highest BCUT2D eigenvalue weighted by Gasteiger charge is 2.31. The quantitative estimate of drug-likeness (QED) is 0.564. The maximum atomic E-state index is 12.5. The zero-order valence-electron chi connectivity index (χ0n) is 14.4. The molecule has 1 N–H and O–H groups in total. The van der Waals surface area contributed by atoms with Gasteiger partial charge in [-0.2, -0.15) is 0 Å². The highest BCUT2D eigenvalue weighted by atomic mass is 19.4. The fraction of sp³-hybridized carbons (Fsp3) is 0.100. The van der Waals surface area contributed by atoms with Crippen molar-refractivity contribution in [2.75, 3.05) is 0 Å². The van der Waals surface area contributed by atoms with Crippen molar-refractivity contribution in [1.29, 1.82) is 0 Å². The van der Waals surface area contributed by atoms with E-state index in [1.54, 1.807) is 41.2 Å². The van der Waals surface area contributed by atoms with Crippen LogP contribution in [0.5, 0.6) is 5.75 Å². The summed E-state index contributed by atoms with van der Waals surface area (Å²) >= 11 is 0. The van der Waals surface area contributed by atoms with Crippen LogP contribution in [0.15, 0.2) is 67.1 Å². The van der Waals surface area contributed by atoms with E-state index in [9.17, 15) is 13.2 Å². The molecule has 0 aliphatic rings. The Labute approximate surface area is 157 Å². The molecule has 0 spiro atoms. The molecule has 0 saturated carbocycles. The number of aliphatic hydroxyl groups is 1. The third-order valence-electron chi connectivity index (χ3n) is 4.19. The zero-order chi connectivity index (χ0) is 19.7. The summed E-state index contributed by atoms with van der Waals surface area (Å²) in [6.45, 7) is -0.0469. The van der Waals surface area contributed by atoms with Crippen LogP contribution in [0.2, 0.25) is 0 Å². The SMILES string of the molecule is OCc1ccc(-c2cn3c(-c4cccc(OC(F)(F)F)c4)cnc3cn2)cc1. The average molecular weight is 385 g/mol. The fourth-order valence-electron chi connectivity index (χ4n) is 2.89. The van der Waals surface area contributed by atoms with Crippen LogP contribution in [0.1, 0.15) is 5.56 Å². The highest BCUT2D eigenvalue weighted by Crippen LogP contribution is 2.29. The average Bonchev–Trinajstić information content (AvgIpc) is 3.10. The van der Waals surface area contributed by atoms with Gasteiger partial charge in [-0.1, -0.05) is 36.4 Å².